The molecule has 15 nitrogen and oxygen atoms in total. The first-order valence-electron chi connectivity index (χ1n) is 33.3. The molecule has 0 aromatic rings. The van der Waals surface area contributed by atoms with Crippen molar-refractivity contribution in [3.8, 4) is 0 Å². The van der Waals surface area contributed by atoms with E-state index in [1.165, 1.54) is 136 Å². The van der Waals surface area contributed by atoms with Crippen molar-refractivity contribution >= 4 is 0 Å². The minimum absolute atomic E-state index is 0.383. The molecular formula is C64H134N8O7. The van der Waals surface area contributed by atoms with E-state index in [9.17, 15) is 0 Å². The van der Waals surface area contributed by atoms with Crippen molar-refractivity contribution in [1.29, 1.82) is 0 Å². The van der Waals surface area contributed by atoms with Crippen LogP contribution in [0.2, 0.25) is 0 Å². The summed E-state index contributed by atoms with van der Waals surface area (Å²) in [4.78, 5) is 12.7. The summed E-state index contributed by atoms with van der Waals surface area (Å²) in [6.07, 6.45) is 22.4. The van der Waals surface area contributed by atoms with Crippen LogP contribution in [0.4, 0.5) is 0 Å². The fourth-order valence-electron chi connectivity index (χ4n) is 10.2. The van der Waals surface area contributed by atoms with Crippen LogP contribution in [-0.4, -0.2) is 252 Å². The largest absolute Gasteiger partial charge is 0.382 e. The molecule has 0 spiro atoms. The van der Waals surface area contributed by atoms with Gasteiger partial charge in [-0.25, -0.2) is 0 Å². The highest BCUT2D eigenvalue weighted by Crippen LogP contribution is 2.33. The first kappa shape index (κ1) is 74.5. The highest BCUT2D eigenvalue weighted by molar-refractivity contribution is 4.83. The molecule has 6 aliphatic rings. The van der Waals surface area contributed by atoms with E-state index in [0.717, 1.165) is 176 Å². The number of likely N-dealkylation sites (tertiary alicyclic amines) is 1. The molecular weight excluding hydrogens is 993 g/mol. The summed E-state index contributed by atoms with van der Waals surface area (Å²) >= 11 is 0. The number of rotatable bonds is 43. The van der Waals surface area contributed by atoms with Gasteiger partial charge in [0.25, 0.3) is 0 Å². The lowest BCUT2D eigenvalue weighted by Gasteiger charge is -2.30. The average Bonchev–Trinajstić information content (AvgIpc) is 4.35. The van der Waals surface area contributed by atoms with E-state index in [4.69, 9.17) is 33.2 Å². The van der Waals surface area contributed by atoms with Crippen LogP contribution in [0, 0.1) is 17.8 Å². The van der Waals surface area contributed by atoms with E-state index in [1.54, 1.807) is 0 Å². The third-order valence-corrected chi connectivity index (χ3v) is 15.6. The first-order chi connectivity index (χ1) is 38.4. The van der Waals surface area contributed by atoms with Gasteiger partial charge >= 0.3 is 0 Å². The second-order valence-electron chi connectivity index (χ2n) is 24.4. The zero-order valence-electron chi connectivity index (χ0n) is 54.0. The van der Waals surface area contributed by atoms with Gasteiger partial charge < -0.3 is 58.9 Å². The maximum absolute atomic E-state index is 5.58. The third kappa shape index (κ3) is 47.4. The second-order valence-corrected chi connectivity index (χ2v) is 24.4. The third-order valence-electron chi connectivity index (χ3n) is 15.6. The Morgan fingerprint density at radius 1 is 0.532 bits per heavy atom. The van der Waals surface area contributed by atoms with Gasteiger partial charge in [-0.3, -0.25) is 14.7 Å². The van der Waals surface area contributed by atoms with Crippen molar-refractivity contribution in [2.45, 2.75) is 202 Å². The molecule has 472 valence electrons. The number of unbranched alkanes of at least 4 members (excludes halogenated alkanes) is 4. The monoisotopic (exact) mass is 1130 g/mol. The summed E-state index contributed by atoms with van der Waals surface area (Å²) in [7, 11) is 2.21. The summed E-state index contributed by atoms with van der Waals surface area (Å²) < 4.78 is 37.7. The predicted octanol–water partition coefficient (Wildman–Crippen LogP) is 9.17. The van der Waals surface area contributed by atoms with Gasteiger partial charge in [0, 0.05) is 143 Å². The molecule has 3 saturated carbocycles. The Morgan fingerprint density at radius 3 is 1.63 bits per heavy atom. The maximum atomic E-state index is 5.58. The van der Waals surface area contributed by atoms with Crippen molar-refractivity contribution in [2.75, 3.05) is 198 Å². The molecule has 79 heavy (non-hydrogen) atoms. The van der Waals surface area contributed by atoms with Gasteiger partial charge in [-0.2, -0.15) is 0 Å². The number of ether oxygens (including phenoxy) is 7. The van der Waals surface area contributed by atoms with Crippen molar-refractivity contribution in [3.05, 3.63) is 0 Å². The highest BCUT2D eigenvalue weighted by atomic mass is 16.5. The van der Waals surface area contributed by atoms with Gasteiger partial charge in [0.1, 0.15) is 0 Å². The van der Waals surface area contributed by atoms with Crippen LogP contribution in [0.5, 0.6) is 0 Å². The van der Waals surface area contributed by atoms with E-state index < -0.39 is 0 Å². The fraction of sp³-hybridized carbons (Fsp3) is 1.00. The number of hydrogen-bond acceptors (Lipinski definition) is 15. The van der Waals surface area contributed by atoms with Crippen molar-refractivity contribution < 1.29 is 33.2 Å². The minimum atomic E-state index is 0.383. The summed E-state index contributed by atoms with van der Waals surface area (Å²) in [6.45, 7) is 52.0. The molecule has 3 aliphatic heterocycles. The lowest BCUT2D eigenvalue weighted by Crippen LogP contribution is -2.41. The molecule has 2 atom stereocenters. The lowest BCUT2D eigenvalue weighted by atomic mass is 10.1. The lowest BCUT2D eigenvalue weighted by molar-refractivity contribution is 0.0367. The molecule has 3 heterocycles. The van der Waals surface area contributed by atoms with E-state index in [2.05, 4.69) is 110 Å². The van der Waals surface area contributed by atoms with E-state index >= 15 is 0 Å². The standard InChI is InChI=1S/C15H30N2O.C13H28N2O.2C13H27NO2.C10H22N2O/c1-2-18-11-3-8-16-9-10-17(12-14-4-5-14)13-15-6-7-15;1-11(2)15(12(3)4)9-7-14-8-10-16-13-5-6-13;1-13(2)16-10-6-4-3-5-7-14-8-11-15-12-9-14;1-3-15-12-13(2)6-4-5-7-14-8-10-16-11-9-14;1-3-13-8-6-11-9-10-5-4-7-12(10)2/h14-16H,2-13H2,1H3;11-14H,5-10H2,1-4H3;2*13H,3-12H2,1-2H3;10-11H,3-9H2,1-2H3. The van der Waals surface area contributed by atoms with Crippen molar-refractivity contribution in [3.63, 3.8) is 0 Å². The number of likely N-dealkylation sites (N-methyl/N-ethyl adjacent to an activating group) is 1. The molecule has 6 fully saturated rings. The Hall–Kier alpha value is -0.600. The quantitative estimate of drug-likeness (QED) is 0.0504. The Kier molecular flexibility index (Phi) is 48.8. The number of nitrogens with zero attached hydrogens (tertiary/aromatic N) is 5. The molecule has 3 N–H and O–H groups in total. The molecule has 0 amide bonds. The van der Waals surface area contributed by atoms with Crippen LogP contribution >= 0.6 is 0 Å². The normalized spacial score (nSPS) is 19.5. The van der Waals surface area contributed by atoms with Crippen LogP contribution in [-0.2, 0) is 33.2 Å². The van der Waals surface area contributed by atoms with Gasteiger partial charge in [0.05, 0.1) is 51.8 Å². The number of hydrogen-bond donors (Lipinski definition) is 3. The van der Waals surface area contributed by atoms with Crippen LogP contribution in [0.25, 0.3) is 0 Å². The summed E-state index contributed by atoms with van der Waals surface area (Å²) in [5.41, 5.74) is 0. The van der Waals surface area contributed by atoms with Crippen LogP contribution in [0.15, 0.2) is 0 Å². The van der Waals surface area contributed by atoms with Crippen LogP contribution < -0.4 is 16.0 Å². The fourth-order valence-corrected chi connectivity index (χ4v) is 10.2. The van der Waals surface area contributed by atoms with Crippen molar-refractivity contribution in [2.24, 2.45) is 17.8 Å². The molecule has 0 aromatic heterocycles. The maximum Gasteiger partial charge on any atom is 0.0594 e. The summed E-state index contributed by atoms with van der Waals surface area (Å²) in [5.74, 6) is 2.77. The Labute approximate surface area is 489 Å². The van der Waals surface area contributed by atoms with E-state index in [1.807, 2.05) is 6.92 Å². The summed E-state index contributed by atoms with van der Waals surface area (Å²) in [6, 6.07) is 2.01. The van der Waals surface area contributed by atoms with Crippen LogP contribution in [0.3, 0.4) is 0 Å². The Balaban J connectivity index is 0.000000339. The zero-order chi connectivity index (χ0) is 57.4. The number of nitrogens with one attached hydrogen (secondary N) is 3. The average molecular weight is 1130 g/mol. The van der Waals surface area contributed by atoms with Crippen molar-refractivity contribution in [1.82, 2.24) is 40.4 Å². The topological polar surface area (TPSA) is 117 Å². The summed E-state index contributed by atoms with van der Waals surface area (Å²) in [5, 5.41) is 10.4. The second kappa shape index (κ2) is 51.8. The molecule has 2 unspecified atom stereocenters. The first-order valence-corrected chi connectivity index (χ1v) is 33.3. The smallest absolute Gasteiger partial charge is 0.0594 e. The van der Waals surface area contributed by atoms with Gasteiger partial charge in [0.15, 0.2) is 0 Å². The molecule has 0 bridgehead atoms. The Morgan fingerprint density at radius 2 is 1.09 bits per heavy atom. The molecule has 15 heteroatoms. The SMILES string of the molecule is CC(C)N(CCNCCOC1CC1)C(C)C.CC(C)OCCCCCCN1CCOCC1.CCOCC(C)CCCCN1CCOCC1.CCOCCCNCCN(CC1CC1)CC1CC1.CCOCCNCC1CCCN1C. The van der Waals surface area contributed by atoms with Gasteiger partial charge in [-0.1, -0.05) is 26.2 Å². The zero-order valence-corrected chi connectivity index (χ0v) is 54.0. The van der Waals surface area contributed by atoms with Gasteiger partial charge in [-0.05, 0) is 197 Å². The molecule has 3 aliphatic carbocycles. The van der Waals surface area contributed by atoms with Gasteiger partial charge in [0.2, 0.25) is 0 Å². The predicted molar refractivity (Wildman–Crippen MR) is 333 cm³/mol. The molecule has 0 aromatic carbocycles. The highest BCUT2D eigenvalue weighted by Gasteiger charge is 2.29. The van der Waals surface area contributed by atoms with E-state index in [-0.39, 0.29) is 0 Å². The number of morpholine rings is 2. The molecule has 6 rings (SSSR count). The molecule has 0 radical (unpaired) electrons. The van der Waals surface area contributed by atoms with E-state index in [0.29, 0.717) is 30.2 Å². The Bertz CT molecular complexity index is 1250. The minimum Gasteiger partial charge on any atom is -0.382 e. The van der Waals surface area contributed by atoms with Gasteiger partial charge in [-0.15, -0.1) is 0 Å². The van der Waals surface area contributed by atoms with Crippen LogP contribution in [0.1, 0.15) is 172 Å². The molecule has 3 saturated heterocycles.